The Bertz CT molecular complexity index is 893. The van der Waals surface area contributed by atoms with Crippen LogP contribution in [-0.4, -0.2) is 46.5 Å². The number of ether oxygens (including phenoxy) is 1. The number of nitrogens with one attached hydrogen (secondary N) is 2. The fourth-order valence-electron chi connectivity index (χ4n) is 5.09. The van der Waals surface area contributed by atoms with Crippen molar-refractivity contribution in [1.82, 2.24) is 15.5 Å². The minimum absolute atomic E-state index is 0.0340. The summed E-state index contributed by atoms with van der Waals surface area (Å²) in [7, 11) is 0. The van der Waals surface area contributed by atoms with Gasteiger partial charge in [-0.25, -0.2) is 4.79 Å². The normalized spacial score (nSPS) is 18.7. The number of rotatable bonds is 7. The van der Waals surface area contributed by atoms with E-state index in [1.54, 1.807) is 32.6 Å². The van der Waals surface area contributed by atoms with Gasteiger partial charge in [-0.1, -0.05) is 48.6 Å². The zero-order valence-electron chi connectivity index (χ0n) is 22.3. The molecule has 0 heterocycles. The first-order chi connectivity index (χ1) is 16.4. The summed E-state index contributed by atoms with van der Waals surface area (Å²) < 4.78 is 5.36. The van der Waals surface area contributed by atoms with Gasteiger partial charge in [0.1, 0.15) is 17.7 Å². The van der Waals surface area contributed by atoms with E-state index in [4.69, 9.17) is 4.74 Å². The van der Waals surface area contributed by atoms with E-state index in [-0.39, 0.29) is 23.9 Å². The third-order valence-corrected chi connectivity index (χ3v) is 6.86. The Morgan fingerprint density at radius 3 is 2.06 bits per heavy atom. The van der Waals surface area contributed by atoms with Crippen molar-refractivity contribution in [2.45, 2.75) is 123 Å². The van der Waals surface area contributed by atoms with Crippen molar-refractivity contribution in [1.29, 1.82) is 0 Å². The van der Waals surface area contributed by atoms with E-state index in [1.165, 1.54) is 6.42 Å². The van der Waals surface area contributed by atoms with Crippen LogP contribution in [0.4, 0.5) is 4.79 Å². The molecule has 0 bridgehead atoms. The van der Waals surface area contributed by atoms with Gasteiger partial charge in [0.2, 0.25) is 11.8 Å². The van der Waals surface area contributed by atoms with Crippen LogP contribution in [-0.2, 0) is 14.3 Å². The SMILES string of the molecule is Cc1cc(C)cc(C(C(=O)NC2CCCCC2)N(C(=O)C(C)NC(=O)OC(C)(C)C)C2CCC2)c1. The van der Waals surface area contributed by atoms with Crippen LogP contribution in [0, 0.1) is 13.8 Å². The highest BCUT2D eigenvalue weighted by Crippen LogP contribution is 2.34. The first-order valence-corrected chi connectivity index (χ1v) is 13.1. The highest BCUT2D eigenvalue weighted by molar-refractivity contribution is 5.92. The number of alkyl carbamates (subject to hydrolysis) is 1. The molecule has 2 aliphatic carbocycles. The maximum atomic E-state index is 13.8. The van der Waals surface area contributed by atoms with Crippen LogP contribution in [0.5, 0.6) is 0 Å². The van der Waals surface area contributed by atoms with E-state index in [0.29, 0.717) is 0 Å². The number of carbonyl (C=O) groups excluding carboxylic acids is 3. The van der Waals surface area contributed by atoms with Gasteiger partial charge in [0.05, 0.1) is 0 Å². The predicted octanol–water partition coefficient (Wildman–Crippen LogP) is 5.09. The van der Waals surface area contributed by atoms with E-state index < -0.39 is 23.8 Å². The average molecular weight is 486 g/mol. The van der Waals surface area contributed by atoms with Gasteiger partial charge in [-0.3, -0.25) is 9.59 Å². The summed E-state index contributed by atoms with van der Waals surface area (Å²) in [6.45, 7) is 11.0. The third-order valence-electron chi connectivity index (χ3n) is 6.86. The van der Waals surface area contributed by atoms with Gasteiger partial charge in [-0.05, 0) is 79.2 Å². The zero-order valence-corrected chi connectivity index (χ0v) is 22.3. The molecule has 0 saturated heterocycles. The highest BCUT2D eigenvalue weighted by Gasteiger charge is 2.41. The van der Waals surface area contributed by atoms with Crippen LogP contribution in [0.1, 0.15) is 102 Å². The highest BCUT2D eigenvalue weighted by atomic mass is 16.6. The Morgan fingerprint density at radius 2 is 1.54 bits per heavy atom. The van der Waals surface area contributed by atoms with Gasteiger partial charge in [0, 0.05) is 12.1 Å². The van der Waals surface area contributed by atoms with Gasteiger partial charge in [-0.2, -0.15) is 0 Å². The number of nitrogens with zero attached hydrogens (tertiary/aromatic N) is 1. The van der Waals surface area contributed by atoms with Crippen molar-refractivity contribution in [2.24, 2.45) is 0 Å². The van der Waals surface area contributed by atoms with Crippen molar-refractivity contribution in [3.05, 3.63) is 34.9 Å². The molecule has 0 aliphatic heterocycles. The summed E-state index contributed by atoms with van der Waals surface area (Å²) in [5.74, 6) is -0.393. The van der Waals surface area contributed by atoms with Gasteiger partial charge in [-0.15, -0.1) is 0 Å². The van der Waals surface area contributed by atoms with Crippen LogP contribution in [0.2, 0.25) is 0 Å². The van der Waals surface area contributed by atoms with Crippen LogP contribution in [0.3, 0.4) is 0 Å². The Labute approximate surface area is 210 Å². The second-order valence-electron chi connectivity index (χ2n) is 11.4. The molecule has 1 aromatic rings. The van der Waals surface area contributed by atoms with Gasteiger partial charge in [0.25, 0.3) is 0 Å². The first kappa shape index (κ1) is 27.0. The lowest BCUT2D eigenvalue weighted by Gasteiger charge is -2.43. The third kappa shape index (κ3) is 7.45. The standard InChI is InChI=1S/C28H43N3O4/c1-18-15-19(2)17-21(16-18)24(25(32)30-22-11-8-7-9-12-22)31(23-13-10-14-23)26(33)20(3)29-27(34)35-28(4,5)6/h15-17,20,22-24H,7-14H2,1-6H3,(H,29,34)(H,30,32). The number of benzene rings is 1. The fourth-order valence-corrected chi connectivity index (χ4v) is 5.09. The molecule has 35 heavy (non-hydrogen) atoms. The van der Waals surface area contributed by atoms with Crippen molar-refractivity contribution in [3.8, 4) is 0 Å². The summed E-state index contributed by atoms with van der Waals surface area (Å²) in [6, 6.07) is 4.62. The molecular formula is C28H43N3O4. The largest absolute Gasteiger partial charge is 0.444 e. The molecule has 7 nitrogen and oxygen atoms in total. The minimum Gasteiger partial charge on any atom is -0.444 e. The van der Waals surface area contributed by atoms with Gasteiger partial charge < -0.3 is 20.3 Å². The summed E-state index contributed by atoms with van der Waals surface area (Å²) >= 11 is 0. The number of carbonyl (C=O) groups is 3. The van der Waals surface area contributed by atoms with Crippen molar-refractivity contribution in [2.75, 3.05) is 0 Å². The molecule has 0 spiro atoms. The number of aryl methyl sites for hydroxylation is 2. The van der Waals surface area contributed by atoms with Crippen molar-refractivity contribution < 1.29 is 19.1 Å². The maximum Gasteiger partial charge on any atom is 0.408 e. The predicted molar refractivity (Wildman–Crippen MR) is 137 cm³/mol. The van der Waals surface area contributed by atoms with Crippen LogP contribution in [0.15, 0.2) is 18.2 Å². The minimum atomic E-state index is -0.818. The molecule has 2 aliphatic rings. The maximum absolute atomic E-state index is 13.8. The molecule has 2 atom stereocenters. The Morgan fingerprint density at radius 1 is 0.943 bits per heavy atom. The first-order valence-electron chi connectivity index (χ1n) is 13.1. The zero-order chi connectivity index (χ0) is 25.8. The Hall–Kier alpha value is -2.57. The Kier molecular flexibility index (Phi) is 8.84. The average Bonchev–Trinajstić information content (AvgIpc) is 2.70. The topological polar surface area (TPSA) is 87.7 Å². The summed E-state index contributed by atoms with van der Waals surface area (Å²) in [5.41, 5.74) is 2.26. The van der Waals surface area contributed by atoms with Crippen LogP contribution >= 0.6 is 0 Å². The van der Waals surface area contributed by atoms with Crippen molar-refractivity contribution in [3.63, 3.8) is 0 Å². The monoisotopic (exact) mass is 485 g/mol. The lowest BCUT2D eigenvalue weighted by Crippen LogP contribution is -2.57. The molecule has 2 fully saturated rings. The van der Waals surface area contributed by atoms with E-state index >= 15 is 0 Å². The molecule has 2 unspecified atom stereocenters. The molecule has 2 saturated carbocycles. The van der Waals surface area contributed by atoms with Crippen LogP contribution in [0.25, 0.3) is 0 Å². The quantitative estimate of drug-likeness (QED) is 0.563. The van der Waals surface area contributed by atoms with E-state index in [9.17, 15) is 14.4 Å². The molecule has 194 valence electrons. The summed E-state index contributed by atoms with van der Waals surface area (Å²) in [6.07, 6.45) is 7.45. The lowest BCUT2D eigenvalue weighted by molar-refractivity contribution is -0.147. The molecule has 3 rings (SSSR count). The van der Waals surface area contributed by atoms with Gasteiger partial charge in [0.15, 0.2) is 0 Å². The molecule has 0 aromatic heterocycles. The van der Waals surface area contributed by atoms with Crippen molar-refractivity contribution >= 4 is 17.9 Å². The van der Waals surface area contributed by atoms with E-state index in [2.05, 4.69) is 16.7 Å². The Balaban J connectivity index is 1.91. The van der Waals surface area contributed by atoms with Gasteiger partial charge >= 0.3 is 6.09 Å². The molecule has 3 amide bonds. The summed E-state index contributed by atoms with van der Waals surface area (Å²) in [4.78, 5) is 41.8. The molecular weight excluding hydrogens is 442 g/mol. The molecule has 0 radical (unpaired) electrons. The molecule has 7 heteroatoms. The van der Waals surface area contributed by atoms with Crippen LogP contribution < -0.4 is 10.6 Å². The summed E-state index contributed by atoms with van der Waals surface area (Å²) in [5, 5.41) is 5.95. The second-order valence-corrected chi connectivity index (χ2v) is 11.4. The molecule has 1 aromatic carbocycles. The van der Waals surface area contributed by atoms with E-state index in [0.717, 1.165) is 61.6 Å². The second kappa shape index (κ2) is 11.4. The number of hydrogen-bond acceptors (Lipinski definition) is 4. The smallest absolute Gasteiger partial charge is 0.408 e. The van der Waals surface area contributed by atoms with E-state index in [1.807, 2.05) is 26.0 Å². The fraction of sp³-hybridized carbons (Fsp3) is 0.679. The lowest BCUT2D eigenvalue weighted by atomic mass is 9.87. The molecule has 2 N–H and O–H groups in total. The number of hydrogen-bond donors (Lipinski definition) is 2. The number of amides is 3.